The maximum atomic E-state index is 4.97. The molecule has 0 saturated heterocycles. The van der Waals surface area contributed by atoms with Gasteiger partial charge in [-0.25, -0.2) is 4.48 Å². The lowest BCUT2D eigenvalue weighted by Crippen LogP contribution is -2.35. The summed E-state index contributed by atoms with van der Waals surface area (Å²) < 4.78 is 5.50. The Morgan fingerprint density at radius 3 is 2.27 bits per heavy atom. The lowest BCUT2D eigenvalue weighted by atomic mass is 10.7. The summed E-state index contributed by atoms with van der Waals surface area (Å²) in [6, 6.07) is 0.592. The van der Waals surface area contributed by atoms with Crippen LogP contribution in [0.2, 0.25) is 0 Å². The summed E-state index contributed by atoms with van der Waals surface area (Å²) in [6.07, 6.45) is 0. The van der Waals surface area contributed by atoms with Crippen molar-refractivity contribution >= 4 is 12.0 Å². The molecule has 11 heavy (non-hydrogen) atoms. The number of aromatic nitrogens is 2. The normalized spacial score (nSPS) is 11.6. The molecule has 0 radical (unpaired) electrons. The van der Waals surface area contributed by atoms with Gasteiger partial charge in [-0.2, -0.15) is 0 Å². The second-order valence-electron chi connectivity index (χ2n) is 3.16. The topological polar surface area (TPSA) is 51.0 Å². The minimum absolute atomic E-state index is 0.521. The molecule has 1 N–H and O–H groups in total. The van der Waals surface area contributed by atoms with Crippen LogP contribution in [0, 0.1) is 0 Å². The zero-order chi connectivity index (χ0) is 8.48. The van der Waals surface area contributed by atoms with Gasteiger partial charge in [-0.15, -0.1) is 4.98 Å². The molecule has 5 heteroatoms. The number of hydrogen-bond acceptors (Lipinski definition) is 4. The van der Waals surface area contributed by atoms with E-state index in [1.165, 1.54) is 0 Å². The minimum Gasteiger partial charge on any atom is -0.354 e. The third-order valence-corrected chi connectivity index (χ3v) is 1.21. The average molecular weight is 157 g/mol. The van der Waals surface area contributed by atoms with Crippen molar-refractivity contribution in [1.29, 1.82) is 0 Å². The molecule has 0 amide bonds. The van der Waals surface area contributed by atoms with Crippen molar-refractivity contribution in [3.8, 4) is 0 Å². The molecule has 0 aliphatic heterocycles. The summed E-state index contributed by atoms with van der Waals surface area (Å²) in [6.45, 7) is 0. The Bertz CT molecular complexity index is 237. The second kappa shape index (κ2) is 2.50. The summed E-state index contributed by atoms with van der Waals surface area (Å²) >= 11 is 0. The van der Waals surface area contributed by atoms with Gasteiger partial charge in [0.1, 0.15) is 0 Å². The summed E-state index contributed by atoms with van der Waals surface area (Å²) in [5.41, 5.74) is 0. The van der Waals surface area contributed by atoms with E-state index in [4.69, 9.17) is 4.52 Å². The van der Waals surface area contributed by atoms with Crippen LogP contribution in [0.15, 0.2) is 4.52 Å². The van der Waals surface area contributed by atoms with E-state index in [1.54, 1.807) is 7.05 Å². The predicted molar refractivity (Wildman–Crippen MR) is 43.4 cm³/mol. The lowest BCUT2D eigenvalue weighted by Gasteiger charge is -2.15. The molecule has 1 heterocycles. The maximum Gasteiger partial charge on any atom is 0.428 e. The number of hydrogen-bond donors (Lipinski definition) is 1. The summed E-state index contributed by atoms with van der Waals surface area (Å²) in [4.78, 5) is 4.08. The van der Waals surface area contributed by atoms with Gasteiger partial charge in [0.2, 0.25) is 0 Å². The summed E-state index contributed by atoms with van der Waals surface area (Å²) in [7, 11) is 7.65. The molecule has 0 atom stereocenters. The van der Waals surface area contributed by atoms with Crippen LogP contribution in [0.3, 0.4) is 0 Å². The third kappa shape index (κ3) is 1.68. The zero-order valence-electron chi connectivity index (χ0n) is 7.25. The average Bonchev–Trinajstić information content (AvgIpc) is 2.32. The molecular weight excluding hydrogens is 144 g/mol. The predicted octanol–water partition coefficient (Wildman–Crippen LogP) is 0.308. The first-order valence-electron chi connectivity index (χ1n) is 3.37. The van der Waals surface area contributed by atoms with Crippen LogP contribution in [0.4, 0.5) is 12.0 Å². The molecule has 1 aromatic rings. The van der Waals surface area contributed by atoms with Crippen molar-refractivity contribution in [2.45, 2.75) is 0 Å². The van der Waals surface area contributed by atoms with Crippen LogP contribution >= 0.6 is 0 Å². The van der Waals surface area contributed by atoms with Crippen molar-refractivity contribution < 1.29 is 4.52 Å². The molecule has 5 nitrogen and oxygen atoms in total. The molecule has 0 fully saturated rings. The first-order chi connectivity index (χ1) is 5.04. The monoisotopic (exact) mass is 157 g/mol. The Morgan fingerprint density at radius 1 is 1.36 bits per heavy atom. The van der Waals surface area contributed by atoms with E-state index < -0.39 is 0 Å². The fourth-order valence-corrected chi connectivity index (χ4v) is 0.589. The third-order valence-electron chi connectivity index (χ3n) is 1.21. The number of nitrogens with one attached hydrogen (secondary N) is 1. The molecular formula is C6H13N4O+. The quantitative estimate of drug-likeness (QED) is 0.628. The van der Waals surface area contributed by atoms with Crippen LogP contribution in [0.25, 0.3) is 0 Å². The van der Waals surface area contributed by atoms with Gasteiger partial charge < -0.3 is 5.32 Å². The highest BCUT2D eigenvalue weighted by Gasteiger charge is 2.20. The Morgan fingerprint density at radius 2 is 2.00 bits per heavy atom. The van der Waals surface area contributed by atoms with Crippen molar-refractivity contribution in [3.05, 3.63) is 0 Å². The Hall–Kier alpha value is -1.10. The van der Waals surface area contributed by atoms with E-state index in [2.05, 4.69) is 15.5 Å². The van der Waals surface area contributed by atoms with Gasteiger partial charge in [0.25, 0.3) is 5.95 Å². The molecule has 1 aromatic heterocycles. The highest BCUT2D eigenvalue weighted by atomic mass is 16.5. The second-order valence-corrected chi connectivity index (χ2v) is 3.16. The van der Waals surface area contributed by atoms with Gasteiger partial charge in [-0.3, -0.25) is 4.52 Å². The number of nitrogens with zero attached hydrogens (tertiary/aromatic N) is 3. The molecule has 0 aliphatic rings. The molecule has 1 rings (SSSR count). The van der Waals surface area contributed by atoms with Crippen molar-refractivity contribution in [3.63, 3.8) is 0 Å². The van der Waals surface area contributed by atoms with Gasteiger partial charge in [-0.1, -0.05) is 0 Å². The van der Waals surface area contributed by atoms with Gasteiger partial charge in [0.15, 0.2) is 0 Å². The van der Waals surface area contributed by atoms with E-state index in [1.807, 2.05) is 21.1 Å². The Balaban J connectivity index is 2.89. The van der Waals surface area contributed by atoms with Crippen LogP contribution in [-0.2, 0) is 0 Å². The number of anilines is 1. The van der Waals surface area contributed by atoms with Gasteiger partial charge in [0.05, 0.1) is 21.1 Å². The first kappa shape index (κ1) is 8.00. The number of rotatable bonds is 2. The van der Waals surface area contributed by atoms with Crippen LogP contribution in [0.1, 0.15) is 0 Å². The molecule has 62 valence electrons. The van der Waals surface area contributed by atoms with E-state index in [0.717, 1.165) is 0 Å². The van der Waals surface area contributed by atoms with E-state index >= 15 is 0 Å². The van der Waals surface area contributed by atoms with Crippen LogP contribution in [-0.4, -0.2) is 38.3 Å². The standard InChI is InChI=1S/C6H13N4O/c1-7-5-8-6(11-9-5)10(2,3)4/h1-4H3,(H,7,9)/q+1. The Labute approximate surface area is 65.6 Å². The lowest BCUT2D eigenvalue weighted by molar-refractivity contribution is 0.318. The maximum absolute atomic E-state index is 4.97. The van der Waals surface area contributed by atoms with Crippen molar-refractivity contribution in [2.75, 3.05) is 33.5 Å². The van der Waals surface area contributed by atoms with Gasteiger partial charge in [-0.05, 0) is 5.16 Å². The van der Waals surface area contributed by atoms with Crippen molar-refractivity contribution in [1.82, 2.24) is 14.6 Å². The molecule has 0 aliphatic carbocycles. The fraction of sp³-hybridized carbons (Fsp3) is 0.667. The molecule has 0 unspecified atom stereocenters. The largest absolute Gasteiger partial charge is 0.428 e. The highest BCUT2D eigenvalue weighted by molar-refractivity contribution is 5.28. The number of quaternary nitrogens is 1. The minimum atomic E-state index is 0.521. The van der Waals surface area contributed by atoms with Crippen molar-refractivity contribution in [2.24, 2.45) is 0 Å². The van der Waals surface area contributed by atoms with E-state index in [-0.39, 0.29) is 0 Å². The molecule has 0 aromatic carbocycles. The van der Waals surface area contributed by atoms with E-state index in [0.29, 0.717) is 16.4 Å². The first-order valence-corrected chi connectivity index (χ1v) is 3.37. The van der Waals surface area contributed by atoms with Gasteiger partial charge >= 0.3 is 6.01 Å². The molecule has 0 spiro atoms. The highest BCUT2D eigenvalue weighted by Crippen LogP contribution is 2.14. The summed E-state index contributed by atoms with van der Waals surface area (Å²) in [5.74, 6) is 0.521. The zero-order valence-corrected chi connectivity index (χ0v) is 7.25. The van der Waals surface area contributed by atoms with Gasteiger partial charge in [0, 0.05) is 7.05 Å². The van der Waals surface area contributed by atoms with E-state index in [9.17, 15) is 0 Å². The summed E-state index contributed by atoms with van der Waals surface area (Å²) in [5, 5.41) is 6.48. The smallest absolute Gasteiger partial charge is 0.354 e. The van der Waals surface area contributed by atoms with Crippen LogP contribution in [0.5, 0.6) is 0 Å². The Kier molecular flexibility index (Phi) is 1.82. The van der Waals surface area contributed by atoms with Crippen LogP contribution < -0.4 is 9.80 Å². The molecule has 0 saturated carbocycles. The fourth-order valence-electron chi connectivity index (χ4n) is 0.589. The SMILES string of the molecule is CNc1noc([N+](C)(C)C)n1. The molecule has 0 bridgehead atoms.